The number of likely N-dealkylation sites (N-methyl/N-ethyl adjacent to an activating group) is 1. The molecule has 1 aromatic rings. The molecule has 4 nitrogen and oxygen atoms in total. The highest BCUT2D eigenvalue weighted by Crippen LogP contribution is 2.32. The SMILES string of the molecule is CN1C(=O)N(C(C)(C)C#N)CC1c1cccc(F)c1. The minimum Gasteiger partial charge on any atom is -0.319 e. The second kappa shape index (κ2) is 4.54. The van der Waals surface area contributed by atoms with Crippen molar-refractivity contribution in [1.29, 1.82) is 5.26 Å². The van der Waals surface area contributed by atoms with Crippen molar-refractivity contribution in [2.24, 2.45) is 0 Å². The van der Waals surface area contributed by atoms with E-state index in [0.717, 1.165) is 5.56 Å². The minimum absolute atomic E-state index is 0.208. The van der Waals surface area contributed by atoms with Gasteiger partial charge in [-0.15, -0.1) is 0 Å². The van der Waals surface area contributed by atoms with Gasteiger partial charge in [0, 0.05) is 13.6 Å². The smallest absolute Gasteiger partial charge is 0.319 e. The van der Waals surface area contributed by atoms with E-state index in [9.17, 15) is 9.18 Å². The number of rotatable bonds is 2. The number of halogens is 1. The van der Waals surface area contributed by atoms with Crippen molar-refractivity contribution >= 4 is 6.03 Å². The lowest BCUT2D eigenvalue weighted by Gasteiger charge is -2.27. The number of nitrogens with zero attached hydrogens (tertiary/aromatic N) is 3. The molecule has 1 unspecified atom stereocenters. The second-order valence-corrected chi connectivity index (χ2v) is 5.25. The summed E-state index contributed by atoms with van der Waals surface area (Å²) in [4.78, 5) is 15.3. The highest BCUT2D eigenvalue weighted by Gasteiger charge is 2.43. The number of amides is 2. The Bertz CT molecular complexity index is 550. The number of hydrogen-bond acceptors (Lipinski definition) is 2. The van der Waals surface area contributed by atoms with E-state index in [0.29, 0.717) is 6.54 Å². The number of urea groups is 1. The minimum atomic E-state index is -0.868. The summed E-state index contributed by atoms with van der Waals surface area (Å²) in [6.07, 6.45) is 0. The molecule has 1 saturated heterocycles. The molecule has 5 heteroatoms. The van der Waals surface area contributed by atoms with Crippen molar-refractivity contribution in [3.05, 3.63) is 35.6 Å². The van der Waals surface area contributed by atoms with Crippen molar-refractivity contribution in [1.82, 2.24) is 9.80 Å². The maximum absolute atomic E-state index is 13.3. The standard InChI is InChI=1S/C14H16FN3O/c1-14(2,9-16)18-8-12(17(3)13(18)19)10-5-4-6-11(15)7-10/h4-7,12H,8H2,1-3H3. The van der Waals surface area contributed by atoms with Gasteiger partial charge in [-0.25, -0.2) is 9.18 Å². The summed E-state index contributed by atoms with van der Waals surface area (Å²) in [5.74, 6) is -0.323. The molecule has 1 aliphatic rings. The zero-order valence-corrected chi connectivity index (χ0v) is 11.2. The summed E-state index contributed by atoms with van der Waals surface area (Å²) in [5.41, 5.74) is -0.125. The van der Waals surface area contributed by atoms with Crippen molar-refractivity contribution < 1.29 is 9.18 Å². The molecule has 2 rings (SSSR count). The van der Waals surface area contributed by atoms with E-state index in [1.165, 1.54) is 17.0 Å². The highest BCUT2D eigenvalue weighted by atomic mass is 19.1. The Balaban J connectivity index is 2.32. The molecule has 0 bridgehead atoms. The Morgan fingerprint density at radius 3 is 2.74 bits per heavy atom. The Kier molecular flexibility index (Phi) is 3.19. The predicted octanol–water partition coefficient (Wildman–Crippen LogP) is 2.54. The summed E-state index contributed by atoms with van der Waals surface area (Å²) in [6.45, 7) is 3.79. The van der Waals surface area contributed by atoms with Crippen LogP contribution in [0, 0.1) is 17.1 Å². The van der Waals surface area contributed by atoms with Gasteiger partial charge in [0.15, 0.2) is 0 Å². The second-order valence-electron chi connectivity index (χ2n) is 5.25. The van der Waals surface area contributed by atoms with E-state index < -0.39 is 5.54 Å². The van der Waals surface area contributed by atoms with Crippen LogP contribution in [0.5, 0.6) is 0 Å². The average Bonchev–Trinajstić information content (AvgIpc) is 2.67. The third kappa shape index (κ3) is 2.26. The first kappa shape index (κ1) is 13.3. The van der Waals surface area contributed by atoms with Crippen LogP contribution in [0.15, 0.2) is 24.3 Å². The fourth-order valence-corrected chi connectivity index (χ4v) is 2.27. The first-order chi connectivity index (χ1) is 8.86. The Labute approximate surface area is 112 Å². The van der Waals surface area contributed by atoms with E-state index in [1.54, 1.807) is 37.9 Å². The molecular weight excluding hydrogens is 245 g/mol. The average molecular weight is 261 g/mol. The first-order valence-corrected chi connectivity index (χ1v) is 6.08. The fourth-order valence-electron chi connectivity index (χ4n) is 2.27. The molecule has 0 saturated carbocycles. The topological polar surface area (TPSA) is 47.3 Å². The molecule has 0 spiro atoms. The molecule has 19 heavy (non-hydrogen) atoms. The normalized spacial score (nSPS) is 19.7. The molecule has 0 aliphatic carbocycles. The third-order valence-electron chi connectivity index (χ3n) is 3.54. The molecule has 2 amide bonds. The van der Waals surface area contributed by atoms with Crippen molar-refractivity contribution in [3.8, 4) is 6.07 Å². The lowest BCUT2D eigenvalue weighted by atomic mass is 10.0. The monoisotopic (exact) mass is 261 g/mol. The molecule has 100 valence electrons. The molecule has 0 aromatic heterocycles. The summed E-state index contributed by atoms with van der Waals surface area (Å²) in [5, 5.41) is 9.14. The highest BCUT2D eigenvalue weighted by molar-refractivity contribution is 5.78. The third-order valence-corrected chi connectivity index (χ3v) is 3.54. The van der Waals surface area contributed by atoms with Gasteiger partial charge in [0.2, 0.25) is 0 Å². The van der Waals surface area contributed by atoms with Gasteiger partial charge in [-0.3, -0.25) is 0 Å². The molecule has 1 aliphatic heterocycles. The maximum Gasteiger partial charge on any atom is 0.321 e. The molecule has 0 N–H and O–H groups in total. The summed E-state index contributed by atoms with van der Waals surface area (Å²) >= 11 is 0. The Hall–Kier alpha value is -2.09. The van der Waals surface area contributed by atoms with E-state index in [1.807, 2.05) is 0 Å². The largest absolute Gasteiger partial charge is 0.321 e. The van der Waals surface area contributed by atoms with E-state index in [-0.39, 0.29) is 17.9 Å². The van der Waals surface area contributed by atoms with Gasteiger partial charge in [0.25, 0.3) is 0 Å². The Morgan fingerprint density at radius 1 is 1.47 bits per heavy atom. The van der Waals surface area contributed by atoms with Crippen LogP contribution in [0.25, 0.3) is 0 Å². The first-order valence-electron chi connectivity index (χ1n) is 6.08. The number of benzene rings is 1. The van der Waals surface area contributed by atoms with Gasteiger partial charge in [0.05, 0.1) is 12.1 Å². The van der Waals surface area contributed by atoms with Crippen LogP contribution in [-0.4, -0.2) is 35.0 Å². The molecular formula is C14H16FN3O. The van der Waals surface area contributed by atoms with Crippen LogP contribution in [0.3, 0.4) is 0 Å². The van der Waals surface area contributed by atoms with Crippen LogP contribution in [0.4, 0.5) is 9.18 Å². The molecule has 0 radical (unpaired) electrons. The summed E-state index contributed by atoms with van der Waals surface area (Å²) in [7, 11) is 1.67. The van der Waals surface area contributed by atoms with Crippen molar-refractivity contribution in [2.75, 3.05) is 13.6 Å². The van der Waals surface area contributed by atoms with Gasteiger partial charge in [-0.1, -0.05) is 12.1 Å². The molecule has 1 atom stereocenters. The van der Waals surface area contributed by atoms with Crippen LogP contribution in [0.2, 0.25) is 0 Å². The molecule has 1 fully saturated rings. The molecule has 1 heterocycles. The van der Waals surface area contributed by atoms with E-state index in [4.69, 9.17) is 5.26 Å². The van der Waals surface area contributed by atoms with Crippen molar-refractivity contribution in [3.63, 3.8) is 0 Å². The lowest BCUT2D eigenvalue weighted by Crippen LogP contribution is -2.44. The van der Waals surface area contributed by atoms with Gasteiger partial charge >= 0.3 is 6.03 Å². The molecule has 1 aromatic carbocycles. The van der Waals surface area contributed by atoms with E-state index >= 15 is 0 Å². The quantitative estimate of drug-likeness (QED) is 0.821. The van der Waals surface area contributed by atoms with Gasteiger partial charge in [0.1, 0.15) is 11.4 Å². The summed E-state index contributed by atoms with van der Waals surface area (Å²) < 4.78 is 13.3. The number of carbonyl (C=O) groups is 1. The summed E-state index contributed by atoms with van der Waals surface area (Å²) in [6, 6.07) is 7.91. The van der Waals surface area contributed by atoms with Crippen LogP contribution in [-0.2, 0) is 0 Å². The Morgan fingerprint density at radius 2 is 2.16 bits per heavy atom. The van der Waals surface area contributed by atoms with Crippen LogP contribution in [0.1, 0.15) is 25.5 Å². The lowest BCUT2D eigenvalue weighted by molar-refractivity contribution is 0.172. The zero-order chi connectivity index (χ0) is 14.2. The fraction of sp³-hybridized carbons (Fsp3) is 0.429. The zero-order valence-electron chi connectivity index (χ0n) is 11.2. The van der Waals surface area contributed by atoms with Crippen LogP contribution < -0.4 is 0 Å². The number of hydrogen-bond donors (Lipinski definition) is 0. The maximum atomic E-state index is 13.3. The van der Waals surface area contributed by atoms with Gasteiger partial charge in [-0.05, 0) is 31.5 Å². The van der Waals surface area contributed by atoms with Gasteiger partial charge in [-0.2, -0.15) is 5.26 Å². The van der Waals surface area contributed by atoms with Crippen LogP contribution >= 0.6 is 0 Å². The predicted molar refractivity (Wildman–Crippen MR) is 68.7 cm³/mol. The van der Waals surface area contributed by atoms with Gasteiger partial charge < -0.3 is 9.80 Å². The number of nitriles is 1. The van der Waals surface area contributed by atoms with E-state index in [2.05, 4.69) is 6.07 Å². The number of carbonyl (C=O) groups excluding carboxylic acids is 1. The van der Waals surface area contributed by atoms with Crippen molar-refractivity contribution in [2.45, 2.75) is 25.4 Å².